The summed E-state index contributed by atoms with van der Waals surface area (Å²) in [6.07, 6.45) is 1.98. The highest BCUT2D eigenvalue weighted by Crippen LogP contribution is 2.15. The SMILES string of the molecule is Cc1[nH]nc(CCN)c1CC(C)C. The van der Waals surface area contributed by atoms with E-state index in [9.17, 15) is 0 Å². The molecule has 3 nitrogen and oxygen atoms in total. The molecule has 3 heteroatoms. The monoisotopic (exact) mass is 181 g/mol. The van der Waals surface area contributed by atoms with Crippen LogP contribution < -0.4 is 5.73 Å². The molecule has 13 heavy (non-hydrogen) atoms. The zero-order valence-electron chi connectivity index (χ0n) is 8.72. The van der Waals surface area contributed by atoms with E-state index in [1.807, 2.05) is 0 Å². The molecule has 74 valence electrons. The highest BCUT2D eigenvalue weighted by Gasteiger charge is 2.10. The van der Waals surface area contributed by atoms with Gasteiger partial charge in [0.05, 0.1) is 5.69 Å². The normalized spacial score (nSPS) is 11.2. The van der Waals surface area contributed by atoms with Crippen LogP contribution in [0.1, 0.15) is 30.8 Å². The molecule has 1 aromatic rings. The number of nitrogens with two attached hydrogens (primary N) is 1. The van der Waals surface area contributed by atoms with E-state index in [1.54, 1.807) is 0 Å². The first kappa shape index (κ1) is 10.3. The molecule has 1 heterocycles. The molecule has 0 saturated heterocycles. The van der Waals surface area contributed by atoms with Crippen LogP contribution >= 0.6 is 0 Å². The predicted molar refractivity (Wildman–Crippen MR) is 54.6 cm³/mol. The quantitative estimate of drug-likeness (QED) is 0.738. The van der Waals surface area contributed by atoms with Gasteiger partial charge >= 0.3 is 0 Å². The van der Waals surface area contributed by atoms with Gasteiger partial charge in [0, 0.05) is 12.1 Å². The third-order valence-corrected chi connectivity index (χ3v) is 2.15. The molecule has 0 fully saturated rings. The summed E-state index contributed by atoms with van der Waals surface area (Å²) in [5.41, 5.74) is 9.22. The number of nitrogens with zero attached hydrogens (tertiary/aromatic N) is 1. The molecule has 1 aromatic heterocycles. The number of hydrogen-bond acceptors (Lipinski definition) is 2. The zero-order valence-corrected chi connectivity index (χ0v) is 8.72. The van der Waals surface area contributed by atoms with Crippen LogP contribution in [0.4, 0.5) is 0 Å². The van der Waals surface area contributed by atoms with Crippen LogP contribution in [-0.2, 0) is 12.8 Å². The standard InChI is InChI=1S/C10H19N3/c1-7(2)6-9-8(3)12-13-10(9)4-5-11/h7H,4-6,11H2,1-3H3,(H,12,13). The second kappa shape index (κ2) is 4.42. The Balaban J connectivity index is 2.81. The van der Waals surface area contributed by atoms with Crippen molar-refractivity contribution >= 4 is 0 Å². The van der Waals surface area contributed by atoms with Crippen LogP contribution in [0, 0.1) is 12.8 Å². The molecule has 0 radical (unpaired) electrons. The Morgan fingerprint density at radius 3 is 2.69 bits per heavy atom. The molecule has 0 bridgehead atoms. The van der Waals surface area contributed by atoms with Gasteiger partial charge in [-0.05, 0) is 31.4 Å². The molecule has 3 N–H and O–H groups in total. The Morgan fingerprint density at radius 2 is 2.15 bits per heavy atom. The molecule has 0 saturated carbocycles. The summed E-state index contributed by atoms with van der Waals surface area (Å²) >= 11 is 0. The van der Waals surface area contributed by atoms with Gasteiger partial charge in [-0.1, -0.05) is 13.8 Å². The van der Waals surface area contributed by atoms with Gasteiger partial charge in [0.15, 0.2) is 0 Å². The van der Waals surface area contributed by atoms with E-state index in [0.717, 1.165) is 18.5 Å². The Kier molecular flexibility index (Phi) is 3.48. The van der Waals surface area contributed by atoms with Crippen LogP contribution in [0.2, 0.25) is 0 Å². The molecule has 1 rings (SSSR count). The van der Waals surface area contributed by atoms with Gasteiger partial charge in [-0.25, -0.2) is 0 Å². The van der Waals surface area contributed by atoms with E-state index in [1.165, 1.54) is 11.3 Å². The van der Waals surface area contributed by atoms with Crippen molar-refractivity contribution in [3.05, 3.63) is 17.0 Å². The summed E-state index contributed by atoms with van der Waals surface area (Å²) in [5, 5.41) is 7.28. The maximum Gasteiger partial charge on any atom is 0.0669 e. The minimum absolute atomic E-state index is 0.674. The van der Waals surface area contributed by atoms with Gasteiger partial charge in [0.1, 0.15) is 0 Å². The van der Waals surface area contributed by atoms with Crippen molar-refractivity contribution in [3.8, 4) is 0 Å². The maximum atomic E-state index is 5.52. The maximum absolute atomic E-state index is 5.52. The molecule has 0 aliphatic heterocycles. The van der Waals surface area contributed by atoms with Crippen molar-refractivity contribution in [2.75, 3.05) is 6.54 Å². The summed E-state index contributed by atoms with van der Waals surface area (Å²) in [7, 11) is 0. The van der Waals surface area contributed by atoms with E-state index in [0.29, 0.717) is 12.5 Å². The molecule has 0 atom stereocenters. The largest absolute Gasteiger partial charge is 0.330 e. The van der Waals surface area contributed by atoms with E-state index in [4.69, 9.17) is 5.73 Å². The predicted octanol–water partition coefficient (Wildman–Crippen LogP) is 1.42. The topological polar surface area (TPSA) is 54.7 Å². The minimum Gasteiger partial charge on any atom is -0.330 e. The van der Waals surface area contributed by atoms with Crippen LogP contribution in [0.25, 0.3) is 0 Å². The Labute approximate surface area is 79.7 Å². The molecule has 0 aromatic carbocycles. The van der Waals surface area contributed by atoms with Gasteiger partial charge in [0.25, 0.3) is 0 Å². The van der Waals surface area contributed by atoms with Crippen LogP contribution in [0.15, 0.2) is 0 Å². The lowest BCUT2D eigenvalue weighted by molar-refractivity contribution is 0.640. The van der Waals surface area contributed by atoms with Crippen molar-refractivity contribution in [1.82, 2.24) is 10.2 Å². The fourth-order valence-electron chi connectivity index (χ4n) is 1.53. The number of nitrogens with one attached hydrogen (secondary N) is 1. The summed E-state index contributed by atoms with van der Waals surface area (Å²) in [4.78, 5) is 0. The first-order valence-electron chi connectivity index (χ1n) is 4.88. The van der Waals surface area contributed by atoms with Crippen LogP contribution in [0.5, 0.6) is 0 Å². The lowest BCUT2D eigenvalue weighted by Crippen LogP contribution is -2.06. The van der Waals surface area contributed by atoms with E-state index in [2.05, 4.69) is 31.0 Å². The highest BCUT2D eigenvalue weighted by atomic mass is 15.1. The number of H-pyrrole nitrogens is 1. The van der Waals surface area contributed by atoms with E-state index < -0.39 is 0 Å². The van der Waals surface area contributed by atoms with Gasteiger partial charge in [-0.3, -0.25) is 5.10 Å². The van der Waals surface area contributed by atoms with Crippen molar-refractivity contribution in [1.29, 1.82) is 0 Å². The molecule has 0 spiro atoms. The second-order valence-corrected chi connectivity index (χ2v) is 3.91. The van der Waals surface area contributed by atoms with E-state index in [-0.39, 0.29) is 0 Å². The fraction of sp³-hybridized carbons (Fsp3) is 0.700. The van der Waals surface area contributed by atoms with Crippen molar-refractivity contribution < 1.29 is 0 Å². The minimum atomic E-state index is 0.674. The summed E-state index contributed by atoms with van der Waals surface area (Å²) in [5.74, 6) is 0.674. The molecular formula is C10H19N3. The molecule has 0 unspecified atom stereocenters. The Bertz CT molecular complexity index is 263. The number of hydrogen-bond donors (Lipinski definition) is 2. The number of aromatic amines is 1. The number of aryl methyl sites for hydroxylation is 1. The first-order valence-corrected chi connectivity index (χ1v) is 4.88. The lowest BCUT2D eigenvalue weighted by Gasteiger charge is -2.05. The van der Waals surface area contributed by atoms with Crippen LogP contribution in [-0.4, -0.2) is 16.7 Å². The van der Waals surface area contributed by atoms with Gasteiger partial charge in [-0.2, -0.15) is 5.10 Å². The van der Waals surface area contributed by atoms with Gasteiger partial charge in [0.2, 0.25) is 0 Å². The molecule has 0 amide bonds. The fourth-order valence-corrected chi connectivity index (χ4v) is 1.53. The third-order valence-electron chi connectivity index (χ3n) is 2.15. The lowest BCUT2D eigenvalue weighted by atomic mass is 10.00. The number of aromatic nitrogens is 2. The average Bonchev–Trinajstić information content (AvgIpc) is 2.36. The smallest absolute Gasteiger partial charge is 0.0669 e. The third kappa shape index (κ3) is 2.56. The van der Waals surface area contributed by atoms with Crippen molar-refractivity contribution in [3.63, 3.8) is 0 Å². The summed E-state index contributed by atoms with van der Waals surface area (Å²) in [6, 6.07) is 0. The van der Waals surface area contributed by atoms with Crippen molar-refractivity contribution in [2.24, 2.45) is 11.7 Å². The van der Waals surface area contributed by atoms with Crippen molar-refractivity contribution in [2.45, 2.75) is 33.6 Å². The summed E-state index contributed by atoms with van der Waals surface area (Å²) < 4.78 is 0. The summed E-state index contributed by atoms with van der Waals surface area (Å²) in [6.45, 7) is 7.19. The van der Waals surface area contributed by atoms with E-state index >= 15 is 0 Å². The second-order valence-electron chi connectivity index (χ2n) is 3.91. The van der Waals surface area contributed by atoms with Gasteiger partial charge < -0.3 is 5.73 Å². The average molecular weight is 181 g/mol. The molecule has 0 aliphatic rings. The molecule has 0 aliphatic carbocycles. The highest BCUT2D eigenvalue weighted by molar-refractivity contribution is 5.25. The Hall–Kier alpha value is -0.830. The Morgan fingerprint density at radius 1 is 1.46 bits per heavy atom. The number of rotatable bonds is 4. The molecular weight excluding hydrogens is 162 g/mol. The first-order chi connectivity index (χ1) is 6.15. The van der Waals surface area contributed by atoms with Gasteiger partial charge in [-0.15, -0.1) is 0 Å². The van der Waals surface area contributed by atoms with Crippen LogP contribution in [0.3, 0.4) is 0 Å². The zero-order chi connectivity index (χ0) is 9.84.